The van der Waals surface area contributed by atoms with Crippen LogP contribution in [0, 0.1) is 5.82 Å². The SMILES string of the molecule is O=C1C(=O)N(Cc2cccnc2)C(c2ccc(OCc3ccccc3)cc2)/C1=C(/O)c1ccc(F)cc1. The van der Waals surface area contributed by atoms with Crippen molar-refractivity contribution in [1.29, 1.82) is 0 Å². The Bertz CT molecular complexity index is 1440. The van der Waals surface area contributed by atoms with Crippen molar-refractivity contribution in [2.45, 2.75) is 19.2 Å². The Balaban J connectivity index is 1.51. The van der Waals surface area contributed by atoms with Gasteiger partial charge >= 0.3 is 0 Å². The summed E-state index contributed by atoms with van der Waals surface area (Å²) in [5, 5.41) is 11.1. The van der Waals surface area contributed by atoms with Crippen LogP contribution in [0.5, 0.6) is 5.75 Å². The number of likely N-dealkylation sites (tertiary alicyclic amines) is 1. The summed E-state index contributed by atoms with van der Waals surface area (Å²) in [6, 6.07) is 24.6. The molecule has 184 valence electrons. The first kappa shape index (κ1) is 23.9. The zero-order chi connectivity index (χ0) is 25.8. The van der Waals surface area contributed by atoms with Gasteiger partial charge in [0.05, 0.1) is 11.6 Å². The Morgan fingerprint density at radius 1 is 0.892 bits per heavy atom. The number of halogens is 1. The molecule has 1 saturated heterocycles. The first-order chi connectivity index (χ1) is 18.0. The topological polar surface area (TPSA) is 79.7 Å². The zero-order valence-corrected chi connectivity index (χ0v) is 19.8. The van der Waals surface area contributed by atoms with Crippen molar-refractivity contribution in [1.82, 2.24) is 9.88 Å². The van der Waals surface area contributed by atoms with Crippen LogP contribution < -0.4 is 4.74 Å². The molecule has 0 spiro atoms. The molecular weight excluding hydrogens is 471 g/mol. The summed E-state index contributed by atoms with van der Waals surface area (Å²) in [5.41, 5.74) is 2.57. The Labute approximate surface area is 213 Å². The molecule has 7 heteroatoms. The molecule has 1 amide bonds. The third-order valence-electron chi connectivity index (χ3n) is 6.18. The number of nitrogens with zero attached hydrogens (tertiary/aromatic N) is 2. The average molecular weight is 495 g/mol. The Hall–Kier alpha value is -4.78. The highest BCUT2D eigenvalue weighted by atomic mass is 19.1. The monoisotopic (exact) mass is 494 g/mol. The van der Waals surface area contributed by atoms with Crippen molar-refractivity contribution in [2.75, 3.05) is 0 Å². The Kier molecular flexibility index (Phi) is 6.76. The smallest absolute Gasteiger partial charge is 0.295 e. The summed E-state index contributed by atoms with van der Waals surface area (Å²) >= 11 is 0. The van der Waals surface area contributed by atoms with E-state index in [1.165, 1.54) is 29.2 Å². The number of benzene rings is 3. The molecule has 1 atom stereocenters. The molecule has 0 radical (unpaired) electrons. The average Bonchev–Trinajstić information content (AvgIpc) is 3.18. The van der Waals surface area contributed by atoms with E-state index in [1.54, 1.807) is 42.7 Å². The van der Waals surface area contributed by atoms with Crippen molar-refractivity contribution in [2.24, 2.45) is 0 Å². The number of carbonyl (C=O) groups excluding carboxylic acids is 2. The number of carbonyl (C=O) groups is 2. The van der Waals surface area contributed by atoms with Crippen molar-refractivity contribution < 1.29 is 23.8 Å². The van der Waals surface area contributed by atoms with E-state index in [0.717, 1.165) is 11.1 Å². The summed E-state index contributed by atoms with van der Waals surface area (Å²) in [6.45, 7) is 0.514. The third-order valence-corrected chi connectivity index (χ3v) is 6.18. The fourth-order valence-electron chi connectivity index (χ4n) is 4.33. The fourth-order valence-corrected chi connectivity index (χ4v) is 4.33. The highest BCUT2D eigenvalue weighted by Gasteiger charge is 2.46. The number of aliphatic hydroxyl groups is 1. The molecule has 37 heavy (non-hydrogen) atoms. The molecule has 1 fully saturated rings. The molecule has 1 aromatic heterocycles. The minimum atomic E-state index is -0.853. The lowest BCUT2D eigenvalue weighted by Crippen LogP contribution is -2.29. The third kappa shape index (κ3) is 5.11. The number of amides is 1. The van der Waals surface area contributed by atoms with Gasteiger partial charge in [0.2, 0.25) is 0 Å². The molecule has 1 unspecified atom stereocenters. The summed E-state index contributed by atoms with van der Waals surface area (Å²) in [6.07, 6.45) is 3.24. The maximum Gasteiger partial charge on any atom is 0.295 e. The van der Waals surface area contributed by atoms with E-state index < -0.39 is 23.5 Å². The first-order valence-corrected chi connectivity index (χ1v) is 11.7. The molecule has 2 heterocycles. The quantitative estimate of drug-likeness (QED) is 0.211. The zero-order valence-electron chi connectivity index (χ0n) is 19.8. The minimum absolute atomic E-state index is 0.0570. The molecule has 3 aromatic carbocycles. The number of hydrogen-bond acceptors (Lipinski definition) is 5. The number of hydrogen-bond donors (Lipinski definition) is 1. The van der Waals surface area contributed by atoms with Gasteiger partial charge in [0.15, 0.2) is 0 Å². The number of aromatic nitrogens is 1. The Morgan fingerprint density at radius 3 is 2.27 bits per heavy atom. The van der Waals surface area contributed by atoms with Crippen LogP contribution >= 0.6 is 0 Å². The molecule has 4 aromatic rings. The number of ether oxygens (including phenoxy) is 1. The van der Waals surface area contributed by atoms with E-state index in [4.69, 9.17) is 4.74 Å². The van der Waals surface area contributed by atoms with Gasteiger partial charge in [-0.05, 0) is 59.2 Å². The van der Waals surface area contributed by atoms with Gasteiger partial charge in [-0.1, -0.05) is 48.5 Å². The van der Waals surface area contributed by atoms with Crippen LogP contribution in [0.15, 0.2) is 109 Å². The predicted octanol–water partition coefficient (Wildman–Crippen LogP) is 5.42. The molecule has 1 aliphatic heterocycles. The molecule has 6 nitrogen and oxygen atoms in total. The van der Waals surface area contributed by atoms with Crippen LogP contribution in [0.4, 0.5) is 4.39 Å². The van der Waals surface area contributed by atoms with Crippen LogP contribution in [0.2, 0.25) is 0 Å². The Morgan fingerprint density at radius 2 is 1.59 bits per heavy atom. The molecule has 1 N–H and O–H groups in total. The molecular formula is C30H23FN2O4. The fraction of sp³-hybridized carbons (Fsp3) is 0.100. The summed E-state index contributed by atoms with van der Waals surface area (Å²) in [5.74, 6) is -1.75. The normalized spacial score (nSPS) is 16.7. The highest BCUT2D eigenvalue weighted by molar-refractivity contribution is 6.46. The van der Waals surface area contributed by atoms with Crippen LogP contribution in [-0.2, 0) is 22.7 Å². The van der Waals surface area contributed by atoms with Crippen LogP contribution in [0.1, 0.15) is 28.3 Å². The first-order valence-electron chi connectivity index (χ1n) is 11.7. The molecule has 0 bridgehead atoms. The lowest BCUT2D eigenvalue weighted by atomic mass is 9.95. The van der Waals surface area contributed by atoms with Gasteiger partial charge in [0, 0.05) is 24.5 Å². The van der Waals surface area contributed by atoms with E-state index in [0.29, 0.717) is 17.9 Å². The summed E-state index contributed by atoms with van der Waals surface area (Å²) < 4.78 is 19.4. The molecule has 0 saturated carbocycles. The number of ketones is 1. The van der Waals surface area contributed by atoms with E-state index in [-0.39, 0.29) is 23.4 Å². The lowest BCUT2D eigenvalue weighted by molar-refractivity contribution is -0.140. The largest absolute Gasteiger partial charge is 0.507 e. The van der Waals surface area contributed by atoms with E-state index in [9.17, 15) is 19.1 Å². The van der Waals surface area contributed by atoms with Gasteiger partial charge in [-0.3, -0.25) is 14.6 Å². The maximum absolute atomic E-state index is 13.5. The van der Waals surface area contributed by atoms with Crippen molar-refractivity contribution in [3.8, 4) is 5.75 Å². The minimum Gasteiger partial charge on any atom is -0.507 e. The molecule has 1 aliphatic rings. The number of pyridine rings is 1. The number of rotatable bonds is 7. The molecule has 0 aliphatic carbocycles. The van der Waals surface area contributed by atoms with Gasteiger partial charge < -0.3 is 14.7 Å². The summed E-state index contributed by atoms with van der Waals surface area (Å²) in [4.78, 5) is 31.8. The van der Waals surface area contributed by atoms with E-state index >= 15 is 0 Å². The number of Topliss-reactive ketones (excluding diaryl/α,β-unsaturated/α-hetero) is 1. The highest BCUT2D eigenvalue weighted by Crippen LogP contribution is 2.40. The second-order valence-corrected chi connectivity index (χ2v) is 8.64. The van der Waals surface area contributed by atoms with E-state index in [2.05, 4.69) is 4.98 Å². The second-order valence-electron chi connectivity index (χ2n) is 8.64. The molecule has 5 rings (SSSR count). The summed E-state index contributed by atoms with van der Waals surface area (Å²) in [7, 11) is 0. The maximum atomic E-state index is 13.5. The van der Waals surface area contributed by atoms with Crippen LogP contribution in [0.3, 0.4) is 0 Å². The standard InChI is InChI=1S/C30H23FN2O4/c31-24-12-8-23(9-13-24)28(34)26-27(33(30(36)29(26)35)18-21-7-4-16-32-17-21)22-10-14-25(15-11-22)37-19-20-5-2-1-3-6-20/h1-17,27,34H,18-19H2/b28-26-. The van der Waals surface area contributed by atoms with Gasteiger partial charge in [-0.25, -0.2) is 4.39 Å². The van der Waals surface area contributed by atoms with Crippen LogP contribution in [-0.4, -0.2) is 26.7 Å². The van der Waals surface area contributed by atoms with Gasteiger partial charge in [0.25, 0.3) is 11.7 Å². The van der Waals surface area contributed by atoms with Crippen molar-refractivity contribution in [3.05, 3.63) is 137 Å². The van der Waals surface area contributed by atoms with E-state index in [1.807, 2.05) is 36.4 Å². The number of aliphatic hydroxyl groups excluding tert-OH is 1. The van der Waals surface area contributed by atoms with Gasteiger partial charge in [0.1, 0.15) is 23.9 Å². The van der Waals surface area contributed by atoms with Crippen molar-refractivity contribution >= 4 is 17.4 Å². The van der Waals surface area contributed by atoms with Gasteiger partial charge in [-0.2, -0.15) is 0 Å². The van der Waals surface area contributed by atoms with Crippen molar-refractivity contribution in [3.63, 3.8) is 0 Å². The lowest BCUT2D eigenvalue weighted by Gasteiger charge is -2.25. The second kappa shape index (κ2) is 10.5. The predicted molar refractivity (Wildman–Crippen MR) is 136 cm³/mol. The van der Waals surface area contributed by atoms with Crippen LogP contribution in [0.25, 0.3) is 5.76 Å². The van der Waals surface area contributed by atoms with Gasteiger partial charge in [-0.15, -0.1) is 0 Å².